The van der Waals surface area contributed by atoms with Gasteiger partial charge in [0.25, 0.3) is 5.56 Å². The molecule has 6 nitrogen and oxygen atoms in total. The van der Waals surface area contributed by atoms with E-state index >= 15 is 0 Å². The average Bonchev–Trinajstić information content (AvgIpc) is 2.83. The average molecular weight is 345 g/mol. The summed E-state index contributed by atoms with van der Waals surface area (Å²) in [6.07, 6.45) is 0. The molecule has 0 fully saturated rings. The largest absolute Gasteiger partial charge is 0.283 e. The van der Waals surface area contributed by atoms with Crippen LogP contribution in [0.25, 0.3) is 10.9 Å². The first kappa shape index (κ1) is 16.3. The highest BCUT2D eigenvalue weighted by Gasteiger charge is 2.16. The van der Waals surface area contributed by atoms with Crippen LogP contribution in [0.5, 0.6) is 0 Å². The van der Waals surface area contributed by atoms with Gasteiger partial charge >= 0.3 is 0 Å². The Balaban J connectivity index is 1.97. The SMILES string of the molecule is CC(C)S(=O)(=O)Nc1ccc2c(c1)c(=O)[nH]n2Cc1ccccc1. The van der Waals surface area contributed by atoms with Gasteiger partial charge in [-0.3, -0.25) is 19.3 Å². The third kappa shape index (κ3) is 3.21. The van der Waals surface area contributed by atoms with E-state index in [1.807, 2.05) is 30.3 Å². The Hall–Kier alpha value is -2.54. The zero-order valence-electron chi connectivity index (χ0n) is 13.5. The molecule has 24 heavy (non-hydrogen) atoms. The Bertz CT molecular complexity index is 1020. The van der Waals surface area contributed by atoms with E-state index in [2.05, 4.69) is 9.82 Å². The Morgan fingerprint density at radius 2 is 1.83 bits per heavy atom. The van der Waals surface area contributed by atoms with Crippen LogP contribution >= 0.6 is 0 Å². The standard InChI is InChI=1S/C17H19N3O3S/c1-12(2)24(22,23)19-14-8-9-16-15(10-14)17(21)18-20(16)11-13-6-4-3-5-7-13/h3-10,12,19H,11H2,1-2H3,(H,18,21). The summed E-state index contributed by atoms with van der Waals surface area (Å²) in [4.78, 5) is 12.2. The summed E-state index contributed by atoms with van der Waals surface area (Å²) in [5.74, 6) is 0. The summed E-state index contributed by atoms with van der Waals surface area (Å²) in [5.41, 5.74) is 1.94. The van der Waals surface area contributed by atoms with E-state index in [1.54, 1.807) is 36.7 Å². The zero-order chi connectivity index (χ0) is 17.3. The summed E-state index contributed by atoms with van der Waals surface area (Å²) in [6.45, 7) is 3.74. The van der Waals surface area contributed by atoms with Gasteiger partial charge in [-0.25, -0.2) is 8.42 Å². The number of anilines is 1. The number of aromatic amines is 1. The van der Waals surface area contributed by atoms with Crippen molar-refractivity contribution in [1.82, 2.24) is 9.78 Å². The molecule has 3 rings (SSSR count). The maximum Gasteiger partial charge on any atom is 0.272 e. The predicted molar refractivity (Wildman–Crippen MR) is 95.8 cm³/mol. The molecule has 7 heteroatoms. The lowest BCUT2D eigenvalue weighted by molar-refractivity contribution is 0.593. The molecule has 3 aromatic rings. The molecular weight excluding hydrogens is 326 g/mol. The van der Waals surface area contributed by atoms with Crippen molar-refractivity contribution in [1.29, 1.82) is 0 Å². The van der Waals surface area contributed by atoms with Gasteiger partial charge in [0.15, 0.2) is 0 Å². The molecule has 0 aliphatic carbocycles. The predicted octanol–water partition coefficient (Wildman–Crippen LogP) is 2.53. The summed E-state index contributed by atoms with van der Waals surface area (Å²) in [5, 5.41) is 2.70. The second kappa shape index (κ2) is 6.16. The summed E-state index contributed by atoms with van der Waals surface area (Å²) < 4.78 is 28.2. The molecule has 0 aliphatic rings. The number of benzene rings is 2. The number of sulfonamides is 1. The van der Waals surface area contributed by atoms with Gasteiger partial charge < -0.3 is 0 Å². The topological polar surface area (TPSA) is 84.0 Å². The lowest BCUT2D eigenvalue weighted by atomic mass is 10.2. The van der Waals surface area contributed by atoms with Gasteiger partial charge in [-0.1, -0.05) is 30.3 Å². The smallest absolute Gasteiger partial charge is 0.272 e. The van der Waals surface area contributed by atoms with Crippen LogP contribution in [0, 0.1) is 0 Å². The van der Waals surface area contributed by atoms with Crippen LogP contribution in [0.1, 0.15) is 19.4 Å². The second-order valence-corrected chi connectivity index (χ2v) is 8.18. The maximum absolute atomic E-state index is 12.2. The molecular formula is C17H19N3O3S. The number of H-pyrrole nitrogens is 1. The second-order valence-electron chi connectivity index (χ2n) is 5.94. The van der Waals surface area contributed by atoms with Gasteiger partial charge in [-0.05, 0) is 37.6 Å². The molecule has 1 aromatic heterocycles. The van der Waals surface area contributed by atoms with Crippen LogP contribution in [-0.2, 0) is 16.6 Å². The first-order chi connectivity index (χ1) is 11.4. The molecule has 2 aromatic carbocycles. The molecule has 0 radical (unpaired) electrons. The molecule has 2 N–H and O–H groups in total. The van der Waals surface area contributed by atoms with Crippen LogP contribution < -0.4 is 10.3 Å². The molecule has 0 saturated carbocycles. The summed E-state index contributed by atoms with van der Waals surface area (Å²) in [7, 11) is -3.44. The van der Waals surface area contributed by atoms with E-state index in [0.717, 1.165) is 11.1 Å². The molecule has 0 bridgehead atoms. The van der Waals surface area contributed by atoms with Crippen LogP contribution in [0.15, 0.2) is 53.3 Å². The van der Waals surface area contributed by atoms with Crippen molar-refractivity contribution in [2.45, 2.75) is 25.6 Å². The molecule has 0 saturated heterocycles. The highest BCUT2D eigenvalue weighted by Crippen LogP contribution is 2.19. The molecule has 0 atom stereocenters. The van der Waals surface area contributed by atoms with E-state index in [4.69, 9.17) is 0 Å². The van der Waals surface area contributed by atoms with Gasteiger partial charge in [0.05, 0.1) is 22.7 Å². The van der Waals surface area contributed by atoms with Crippen LogP contribution in [0.4, 0.5) is 5.69 Å². The molecule has 0 spiro atoms. The Morgan fingerprint density at radius 3 is 2.50 bits per heavy atom. The fourth-order valence-corrected chi connectivity index (χ4v) is 3.12. The van der Waals surface area contributed by atoms with E-state index in [1.165, 1.54) is 0 Å². The van der Waals surface area contributed by atoms with E-state index < -0.39 is 15.3 Å². The maximum atomic E-state index is 12.2. The molecule has 0 amide bonds. The lowest BCUT2D eigenvalue weighted by Gasteiger charge is -2.11. The first-order valence-corrected chi connectivity index (χ1v) is 9.19. The number of nitrogens with zero attached hydrogens (tertiary/aromatic N) is 1. The Labute approximate surface area is 140 Å². The highest BCUT2D eigenvalue weighted by molar-refractivity contribution is 7.93. The zero-order valence-corrected chi connectivity index (χ0v) is 14.3. The van der Waals surface area contributed by atoms with Crippen LogP contribution in [0.2, 0.25) is 0 Å². The fourth-order valence-electron chi connectivity index (χ4n) is 2.43. The fraction of sp³-hybridized carbons (Fsp3) is 0.235. The number of nitrogens with one attached hydrogen (secondary N) is 2. The van der Waals surface area contributed by atoms with Crippen molar-refractivity contribution in [3.8, 4) is 0 Å². The number of fused-ring (bicyclic) bond motifs is 1. The molecule has 0 aliphatic heterocycles. The van der Waals surface area contributed by atoms with Crippen molar-refractivity contribution in [3.63, 3.8) is 0 Å². The van der Waals surface area contributed by atoms with Gasteiger partial charge in [0.1, 0.15) is 0 Å². The van der Waals surface area contributed by atoms with Crippen LogP contribution in [0.3, 0.4) is 0 Å². The number of hydrogen-bond donors (Lipinski definition) is 2. The van der Waals surface area contributed by atoms with Gasteiger partial charge in [-0.2, -0.15) is 0 Å². The number of rotatable bonds is 5. The quantitative estimate of drug-likeness (QED) is 0.745. The monoisotopic (exact) mass is 345 g/mol. The van der Waals surface area contributed by atoms with Crippen LogP contribution in [-0.4, -0.2) is 23.4 Å². The molecule has 1 heterocycles. The molecule has 0 unspecified atom stereocenters. The van der Waals surface area contributed by atoms with Gasteiger partial charge in [0, 0.05) is 5.69 Å². The van der Waals surface area contributed by atoms with E-state index in [-0.39, 0.29) is 5.56 Å². The van der Waals surface area contributed by atoms with Gasteiger partial charge in [0.2, 0.25) is 10.0 Å². The minimum absolute atomic E-state index is 0.244. The van der Waals surface area contributed by atoms with Crippen molar-refractivity contribution in [3.05, 3.63) is 64.4 Å². The summed E-state index contributed by atoms with van der Waals surface area (Å²) in [6, 6.07) is 14.8. The van der Waals surface area contributed by atoms with E-state index in [9.17, 15) is 13.2 Å². The lowest BCUT2D eigenvalue weighted by Crippen LogP contribution is -2.22. The normalized spacial score (nSPS) is 12.0. The number of hydrogen-bond acceptors (Lipinski definition) is 3. The van der Waals surface area contributed by atoms with Crippen molar-refractivity contribution >= 4 is 26.6 Å². The third-order valence-corrected chi connectivity index (χ3v) is 5.59. The minimum atomic E-state index is -3.44. The van der Waals surface area contributed by atoms with E-state index in [0.29, 0.717) is 17.6 Å². The number of aromatic nitrogens is 2. The third-order valence-electron chi connectivity index (χ3n) is 3.83. The molecule has 126 valence electrons. The Kier molecular flexibility index (Phi) is 4.19. The van der Waals surface area contributed by atoms with Crippen molar-refractivity contribution in [2.24, 2.45) is 0 Å². The Morgan fingerprint density at radius 1 is 1.12 bits per heavy atom. The minimum Gasteiger partial charge on any atom is -0.283 e. The van der Waals surface area contributed by atoms with Crippen molar-refractivity contribution < 1.29 is 8.42 Å². The van der Waals surface area contributed by atoms with Gasteiger partial charge in [-0.15, -0.1) is 0 Å². The van der Waals surface area contributed by atoms with Crippen molar-refractivity contribution in [2.75, 3.05) is 4.72 Å². The first-order valence-electron chi connectivity index (χ1n) is 7.65. The summed E-state index contributed by atoms with van der Waals surface area (Å²) >= 11 is 0. The highest BCUT2D eigenvalue weighted by atomic mass is 32.2.